The number of carbonyl (C=O) groups excluding carboxylic acids is 1. The number of H-pyrrole nitrogens is 1. The Labute approximate surface area is 196 Å². The summed E-state index contributed by atoms with van der Waals surface area (Å²) in [6.45, 7) is 2.83. The number of aromatic nitrogens is 4. The number of benzene rings is 2. The van der Waals surface area contributed by atoms with Gasteiger partial charge < -0.3 is 20.4 Å². The van der Waals surface area contributed by atoms with E-state index >= 15 is 0 Å². The summed E-state index contributed by atoms with van der Waals surface area (Å²) in [4.78, 5) is 20.0. The van der Waals surface area contributed by atoms with Crippen molar-refractivity contribution in [2.75, 3.05) is 17.7 Å². The fourth-order valence-electron chi connectivity index (χ4n) is 3.87. The van der Waals surface area contributed by atoms with Gasteiger partial charge in [-0.1, -0.05) is 12.1 Å². The first-order valence-electron chi connectivity index (χ1n) is 11.0. The van der Waals surface area contributed by atoms with E-state index in [-0.39, 0.29) is 6.03 Å². The second-order valence-corrected chi connectivity index (χ2v) is 7.73. The van der Waals surface area contributed by atoms with Crippen LogP contribution in [-0.4, -0.2) is 32.9 Å². The Bertz CT molecular complexity index is 1430. The van der Waals surface area contributed by atoms with Crippen LogP contribution >= 0.6 is 0 Å². The van der Waals surface area contributed by atoms with Crippen LogP contribution < -0.4 is 15.4 Å². The third-order valence-corrected chi connectivity index (χ3v) is 5.60. The highest BCUT2D eigenvalue weighted by molar-refractivity contribution is 6.00. The third-order valence-electron chi connectivity index (χ3n) is 5.60. The first-order chi connectivity index (χ1) is 16.6. The van der Waals surface area contributed by atoms with Crippen molar-refractivity contribution in [2.24, 2.45) is 0 Å². The fourth-order valence-corrected chi connectivity index (χ4v) is 3.87. The highest BCUT2D eigenvalue weighted by Gasteiger charge is 2.16. The second kappa shape index (κ2) is 9.11. The summed E-state index contributed by atoms with van der Waals surface area (Å²) < 4.78 is 7.07. The topological polar surface area (TPSA) is 96.9 Å². The number of nitrogens with zero attached hydrogens (tertiary/aromatic N) is 3. The smallest absolute Gasteiger partial charge is 0.323 e. The molecule has 3 heterocycles. The zero-order chi connectivity index (χ0) is 23.5. The monoisotopic (exact) mass is 452 g/mol. The molecule has 34 heavy (non-hydrogen) atoms. The Balaban J connectivity index is 1.38. The molecule has 0 fully saturated rings. The molecular weight excluding hydrogens is 428 g/mol. The molecule has 0 atom stereocenters. The number of hydrogen-bond donors (Lipinski definition) is 3. The van der Waals surface area contributed by atoms with Gasteiger partial charge in [0.15, 0.2) is 0 Å². The number of hydrogen-bond acceptors (Lipinski definition) is 4. The number of urea groups is 1. The number of aromatic amines is 1. The van der Waals surface area contributed by atoms with E-state index in [1.54, 1.807) is 37.6 Å². The number of pyridine rings is 1. The number of fused-ring (bicyclic) bond motifs is 1. The van der Waals surface area contributed by atoms with Gasteiger partial charge in [0.1, 0.15) is 17.1 Å². The predicted molar refractivity (Wildman–Crippen MR) is 134 cm³/mol. The summed E-state index contributed by atoms with van der Waals surface area (Å²) in [6.07, 6.45) is 5.75. The number of nitrogens with one attached hydrogen (secondary N) is 3. The van der Waals surface area contributed by atoms with Crippen molar-refractivity contribution in [2.45, 2.75) is 13.5 Å². The van der Waals surface area contributed by atoms with E-state index in [9.17, 15) is 4.79 Å². The van der Waals surface area contributed by atoms with Gasteiger partial charge in [0, 0.05) is 53.0 Å². The Morgan fingerprint density at radius 2 is 1.68 bits per heavy atom. The average Bonchev–Trinajstić information content (AvgIpc) is 3.52. The molecule has 2 amide bonds. The van der Waals surface area contributed by atoms with Crippen LogP contribution in [-0.2, 0) is 6.54 Å². The molecule has 8 heteroatoms. The first kappa shape index (κ1) is 21.3. The van der Waals surface area contributed by atoms with Gasteiger partial charge in [-0.3, -0.25) is 4.68 Å². The van der Waals surface area contributed by atoms with Crippen molar-refractivity contribution >= 4 is 28.4 Å². The molecule has 0 aliphatic carbocycles. The highest BCUT2D eigenvalue weighted by atomic mass is 16.5. The van der Waals surface area contributed by atoms with Gasteiger partial charge in [-0.2, -0.15) is 5.10 Å². The van der Waals surface area contributed by atoms with Crippen LogP contribution in [0.5, 0.6) is 5.75 Å². The number of amides is 2. The zero-order valence-corrected chi connectivity index (χ0v) is 18.9. The van der Waals surface area contributed by atoms with Crippen LogP contribution in [0.1, 0.15) is 6.92 Å². The molecule has 0 saturated heterocycles. The number of ether oxygens (including phenoxy) is 1. The number of anilines is 2. The van der Waals surface area contributed by atoms with Gasteiger partial charge in [0.05, 0.1) is 7.11 Å². The van der Waals surface area contributed by atoms with E-state index in [4.69, 9.17) is 9.84 Å². The van der Waals surface area contributed by atoms with Crippen LogP contribution in [0.2, 0.25) is 0 Å². The average molecular weight is 453 g/mol. The van der Waals surface area contributed by atoms with Crippen LogP contribution in [0.15, 0.2) is 79.3 Å². The predicted octanol–water partition coefficient (Wildman–Crippen LogP) is 5.77. The summed E-state index contributed by atoms with van der Waals surface area (Å²) in [5.41, 5.74) is 6.15. The van der Waals surface area contributed by atoms with Gasteiger partial charge >= 0.3 is 6.03 Å². The van der Waals surface area contributed by atoms with Gasteiger partial charge in [-0.15, -0.1) is 0 Å². The third kappa shape index (κ3) is 4.21. The van der Waals surface area contributed by atoms with Gasteiger partial charge in [0.25, 0.3) is 0 Å². The van der Waals surface area contributed by atoms with Crippen LogP contribution in [0, 0.1) is 0 Å². The molecule has 0 aliphatic rings. The first-order valence-corrected chi connectivity index (χ1v) is 11.0. The molecule has 5 rings (SSSR count). The van der Waals surface area contributed by atoms with E-state index in [1.807, 2.05) is 47.3 Å². The number of methoxy groups -OCH3 is 1. The summed E-state index contributed by atoms with van der Waals surface area (Å²) >= 11 is 0. The lowest BCUT2D eigenvalue weighted by molar-refractivity contribution is 0.262. The van der Waals surface area contributed by atoms with Crippen molar-refractivity contribution in [1.29, 1.82) is 0 Å². The Kier molecular flexibility index (Phi) is 5.70. The van der Waals surface area contributed by atoms with Crippen molar-refractivity contribution in [3.05, 3.63) is 79.3 Å². The van der Waals surface area contributed by atoms with Crippen LogP contribution in [0.3, 0.4) is 0 Å². The molecule has 5 aromatic rings. The summed E-state index contributed by atoms with van der Waals surface area (Å²) in [5.74, 6) is 0.732. The molecule has 0 saturated carbocycles. The van der Waals surface area contributed by atoms with Gasteiger partial charge in [-0.25, -0.2) is 9.78 Å². The largest absolute Gasteiger partial charge is 0.497 e. The molecule has 3 aromatic heterocycles. The SMILES string of the molecule is CCn1cc(-c2ccnc3[nH]ccc23)c(-c2ccc(NC(=O)Nc3ccc(OC)cc3)cc2)n1. The zero-order valence-electron chi connectivity index (χ0n) is 18.9. The number of aryl methyl sites for hydroxylation is 1. The summed E-state index contributed by atoms with van der Waals surface area (Å²) in [5, 5.41) is 11.5. The fraction of sp³-hybridized carbons (Fsp3) is 0.115. The van der Waals surface area contributed by atoms with Crippen LogP contribution in [0.25, 0.3) is 33.4 Å². The maximum Gasteiger partial charge on any atom is 0.323 e. The van der Waals surface area contributed by atoms with E-state index in [2.05, 4.69) is 33.7 Å². The highest BCUT2D eigenvalue weighted by Crippen LogP contribution is 2.35. The standard InChI is InChI=1S/C26H24N6O2/c1-3-32-16-23(21-12-14-27-25-22(21)13-15-28-25)24(31-32)17-4-6-18(7-5-17)29-26(33)30-19-8-10-20(34-2)11-9-19/h4-16H,3H2,1-2H3,(H,27,28)(H2,29,30,33). The molecule has 0 radical (unpaired) electrons. The van der Waals surface area contributed by atoms with Crippen LogP contribution in [0.4, 0.5) is 16.2 Å². The summed E-state index contributed by atoms with van der Waals surface area (Å²) in [6, 6.07) is 18.5. The minimum Gasteiger partial charge on any atom is -0.497 e. The lowest BCUT2D eigenvalue weighted by atomic mass is 10.0. The lowest BCUT2D eigenvalue weighted by Gasteiger charge is -2.09. The molecule has 2 aromatic carbocycles. The molecule has 3 N–H and O–H groups in total. The molecule has 0 spiro atoms. The van der Waals surface area contributed by atoms with Crippen molar-refractivity contribution in [3.8, 4) is 28.1 Å². The summed E-state index contributed by atoms with van der Waals surface area (Å²) in [7, 11) is 1.60. The maximum absolute atomic E-state index is 12.4. The van der Waals surface area contributed by atoms with E-state index in [0.717, 1.165) is 45.7 Å². The Morgan fingerprint density at radius 3 is 2.35 bits per heavy atom. The molecule has 0 unspecified atom stereocenters. The van der Waals surface area contributed by atoms with Gasteiger partial charge in [-0.05, 0) is 61.0 Å². The van der Waals surface area contributed by atoms with E-state index < -0.39 is 0 Å². The van der Waals surface area contributed by atoms with Crippen molar-refractivity contribution in [3.63, 3.8) is 0 Å². The number of rotatable bonds is 6. The maximum atomic E-state index is 12.4. The van der Waals surface area contributed by atoms with E-state index in [0.29, 0.717) is 11.4 Å². The molecular formula is C26H24N6O2. The molecule has 0 aliphatic heterocycles. The minimum absolute atomic E-state index is 0.319. The molecule has 0 bridgehead atoms. The second-order valence-electron chi connectivity index (χ2n) is 7.73. The van der Waals surface area contributed by atoms with Crippen molar-refractivity contribution in [1.82, 2.24) is 19.7 Å². The normalized spacial score (nSPS) is 10.9. The van der Waals surface area contributed by atoms with E-state index in [1.165, 1.54) is 0 Å². The number of carbonyl (C=O) groups is 1. The minimum atomic E-state index is -0.319. The lowest BCUT2D eigenvalue weighted by Crippen LogP contribution is -2.19. The molecule has 170 valence electrons. The Morgan fingerprint density at radius 1 is 0.971 bits per heavy atom. The Hall–Kier alpha value is -4.59. The molecule has 8 nitrogen and oxygen atoms in total. The van der Waals surface area contributed by atoms with Gasteiger partial charge in [0.2, 0.25) is 0 Å². The van der Waals surface area contributed by atoms with Crippen molar-refractivity contribution < 1.29 is 9.53 Å². The quantitative estimate of drug-likeness (QED) is 0.305.